The summed E-state index contributed by atoms with van der Waals surface area (Å²) in [4.78, 5) is 141. The van der Waals surface area contributed by atoms with Crippen LogP contribution >= 0.6 is 0 Å². The summed E-state index contributed by atoms with van der Waals surface area (Å²) in [5, 5.41) is 57.6. The predicted octanol–water partition coefficient (Wildman–Crippen LogP) is -0.342. The Labute approximate surface area is 548 Å². The smallest absolute Gasteiger partial charge is 0.245 e. The normalized spacial score (nSPS) is 15.0. The van der Waals surface area contributed by atoms with Crippen molar-refractivity contribution in [3.8, 4) is 11.5 Å². The summed E-state index contributed by atoms with van der Waals surface area (Å²) in [6, 6.07) is 13.4. The summed E-state index contributed by atoms with van der Waals surface area (Å²) in [6.45, 7) is 6.28. The molecule has 94 heavy (non-hydrogen) atoms. The number of amides is 8. The van der Waals surface area contributed by atoms with Gasteiger partial charge in [-0.1, -0.05) is 68.4 Å². The highest BCUT2D eigenvalue weighted by atomic mass is 16.5. The second-order valence-corrected chi connectivity index (χ2v) is 23.8. The zero-order valence-corrected chi connectivity index (χ0v) is 54.0. The van der Waals surface area contributed by atoms with Crippen molar-refractivity contribution in [2.75, 3.05) is 59.7 Å². The van der Waals surface area contributed by atoms with Crippen molar-refractivity contribution in [1.29, 1.82) is 10.8 Å². The number of likely N-dealkylation sites (tertiary alicyclic amines) is 1. The van der Waals surface area contributed by atoms with Gasteiger partial charge in [-0.05, 0) is 124 Å². The Morgan fingerprint density at radius 2 is 1.11 bits per heavy atom. The van der Waals surface area contributed by atoms with Crippen molar-refractivity contribution in [3.63, 3.8) is 0 Å². The molecular weight excluding hydrogens is 1210 g/mol. The Bertz CT molecular complexity index is 2980. The molecule has 29 nitrogen and oxygen atoms in total. The van der Waals surface area contributed by atoms with E-state index >= 15 is 4.79 Å². The first-order valence-corrected chi connectivity index (χ1v) is 31.8. The van der Waals surface area contributed by atoms with Crippen LogP contribution in [0, 0.1) is 28.6 Å². The molecule has 516 valence electrons. The van der Waals surface area contributed by atoms with Gasteiger partial charge in [0.05, 0.1) is 31.7 Å². The molecule has 8 amide bonds. The van der Waals surface area contributed by atoms with Gasteiger partial charge < -0.3 is 90.1 Å². The van der Waals surface area contributed by atoms with Crippen LogP contribution < -0.4 is 65.5 Å². The maximum absolute atomic E-state index is 15.0. The van der Waals surface area contributed by atoms with Gasteiger partial charge in [0.2, 0.25) is 47.3 Å². The van der Waals surface area contributed by atoms with E-state index < -0.39 is 126 Å². The maximum Gasteiger partial charge on any atom is 0.245 e. The number of rotatable bonds is 45. The summed E-state index contributed by atoms with van der Waals surface area (Å²) in [7, 11) is 1.59. The van der Waals surface area contributed by atoms with Gasteiger partial charge in [-0.3, -0.25) is 58.8 Å². The van der Waals surface area contributed by atoms with Crippen LogP contribution in [0.2, 0.25) is 0 Å². The van der Waals surface area contributed by atoms with Crippen molar-refractivity contribution in [2.24, 2.45) is 40.7 Å². The average molecular weight is 1310 g/mol. The standard InChI is InChI=1S/C65H97N15O14/c1-40(2)33-50(78-60(89)45(35-42-16-20-46(81)21-17-42)38-55(84)51(36-43-18-22-47(82)23-19-43)75-57(86)24-28-72-25-10-30-94-32-31-93-3)54(83)37-44(34-41-11-5-4-6-12-41)59(88)77-49(14-8-27-74-65(70)71)63(92)80-29-9-15-53(80)62(91)76-48(13-7-26-73-64(68)69)61(90)79-52(58(67)87)39-56(66)85/h4-6,11-12,16-23,40,44-45,48-53,72,81-82H,7-10,13-15,24-39H2,1-3H3,(H2,66,85)(H2,67,87)(H,75,86)(H,76,91)(H,77,88)(H,78,89)(H,79,90)(H4,68,69,73)(H4,70,71,74)/t44-,45-,48+,49+,50+,51+,52+,53+/m1/s1. The van der Waals surface area contributed by atoms with Crippen molar-refractivity contribution in [2.45, 2.75) is 146 Å². The highest BCUT2D eigenvalue weighted by Crippen LogP contribution is 2.25. The fourth-order valence-electron chi connectivity index (χ4n) is 10.7. The number of ketones is 2. The van der Waals surface area contributed by atoms with Gasteiger partial charge in [-0.15, -0.1) is 0 Å². The number of phenolic OH excluding ortho intramolecular Hbond substituents is 2. The summed E-state index contributed by atoms with van der Waals surface area (Å²) in [6.07, 6.45) is 0.0521. The number of Topliss-reactive ketones (excluding diaryl/α,β-unsaturated/α-hetero) is 2. The van der Waals surface area contributed by atoms with Gasteiger partial charge in [-0.2, -0.15) is 0 Å². The lowest BCUT2D eigenvalue weighted by Crippen LogP contribution is -2.58. The lowest BCUT2D eigenvalue weighted by atomic mass is 9.87. The van der Waals surface area contributed by atoms with Gasteiger partial charge in [-0.25, -0.2) is 0 Å². The molecule has 0 unspecified atom stereocenters. The molecule has 0 saturated carbocycles. The number of benzene rings is 3. The Hall–Kier alpha value is -9.22. The maximum atomic E-state index is 15.0. The van der Waals surface area contributed by atoms with Gasteiger partial charge in [0.25, 0.3) is 0 Å². The first kappa shape index (κ1) is 77.2. The molecule has 1 aliphatic heterocycles. The van der Waals surface area contributed by atoms with Gasteiger partial charge in [0, 0.05) is 71.0 Å². The first-order valence-electron chi connectivity index (χ1n) is 31.8. The minimum Gasteiger partial charge on any atom is -0.508 e. The topological polar surface area (TPSA) is 481 Å². The monoisotopic (exact) mass is 1310 g/mol. The molecule has 1 saturated heterocycles. The first-order chi connectivity index (χ1) is 44.8. The molecule has 29 heteroatoms. The number of ether oxygens (including phenoxy) is 2. The SMILES string of the molecule is COCCOCCCNCCC(=O)N[C@@H](Cc1ccc(O)cc1)C(=O)C[C@@H](Cc1ccc(O)cc1)C(=O)N[C@@H](CC(C)C)C(=O)C[C@@H](Cc1ccccc1)C(=O)N[C@@H](CCCNC(=N)N)C(=O)N1CCC[C@H]1C(=O)N[C@@H](CCCNC(=N)N)C(=O)N[C@@H](CC(N)=O)C(N)=O. The van der Waals surface area contributed by atoms with Crippen molar-refractivity contribution in [1.82, 2.24) is 47.4 Å². The minimum atomic E-state index is -1.51. The summed E-state index contributed by atoms with van der Waals surface area (Å²) in [5.74, 6) is -10.4. The van der Waals surface area contributed by atoms with E-state index in [1.54, 1.807) is 61.7 Å². The summed E-state index contributed by atoms with van der Waals surface area (Å²) < 4.78 is 10.5. The molecule has 0 bridgehead atoms. The highest BCUT2D eigenvalue weighted by molar-refractivity contribution is 5.98. The number of carbonyl (C=O) groups excluding carboxylic acids is 10. The molecule has 4 rings (SSSR count). The summed E-state index contributed by atoms with van der Waals surface area (Å²) in [5.41, 5.74) is 23.6. The Kier molecular flexibility index (Phi) is 34.0. The van der Waals surface area contributed by atoms with E-state index in [2.05, 4.69) is 42.5 Å². The number of nitrogens with two attached hydrogens (primary N) is 4. The quantitative estimate of drug-likeness (QED) is 0.0195. The number of methoxy groups -OCH3 is 1. The number of nitrogens with one attached hydrogen (secondary N) is 10. The molecule has 1 fully saturated rings. The number of hydrogen-bond donors (Lipinski definition) is 16. The van der Waals surface area contributed by atoms with Crippen LogP contribution in [-0.2, 0) is 76.7 Å². The van der Waals surface area contributed by atoms with Crippen molar-refractivity contribution < 1.29 is 67.6 Å². The van der Waals surface area contributed by atoms with Crippen molar-refractivity contribution >= 4 is 70.7 Å². The van der Waals surface area contributed by atoms with E-state index in [-0.39, 0.29) is 113 Å². The van der Waals surface area contributed by atoms with E-state index in [1.165, 1.54) is 29.2 Å². The number of hydrogen-bond acceptors (Lipinski definition) is 17. The fourth-order valence-corrected chi connectivity index (χ4v) is 10.7. The van der Waals surface area contributed by atoms with Crippen LogP contribution in [0.1, 0.15) is 108 Å². The minimum absolute atomic E-state index is 0.00377. The van der Waals surface area contributed by atoms with Crippen LogP contribution in [0.25, 0.3) is 0 Å². The molecule has 0 radical (unpaired) electrons. The molecule has 1 heterocycles. The van der Waals surface area contributed by atoms with Crippen LogP contribution in [0.5, 0.6) is 11.5 Å². The van der Waals surface area contributed by atoms with E-state index in [4.69, 9.17) is 43.2 Å². The predicted molar refractivity (Wildman–Crippen MR) is 350 cm³/mol. The Morgan fingerprint density at radius 3 is 1.65 bits per heavy atom. The Morgan fingerprint density at radius 1 is 0.574 bits per heavy atom. The third-order valence-corrected chi connectivity index (χ3v) is 15.6. The third kappa shape index (κ3) is 29.2. The molecular formula is C65H97N15O14. The Balaban J connectivity index is 1.63. The molecule has 0 spiro atoms. The van der Waals surface area contributed by atoms with Crippen LogP contribution in [-0.4, -0.2) is 182 Å². The van der Waals surface area contributed by atoms with Gasteiger partial charge in [0.1, 0.15) is 35.7 Å². The number of nitrogens with zero attached hydrogens (tertiary/aromatic N) is 1. The third-order valence-electron chi connectivity index (χ3n) is 15.6. The van der Waals surface area contributed by atoms with E-state index in [9.17, 15) is 53.4 Å². The van der Waals surface area contributed by atoms with E-state index in [0.29, 0.717) is 62.4 Å². The average Bonchev–Trinajstić information content (AvgIpc) is 1.61. The van der Waals surface area contributed by atoms with Gasteiger partial charge >= 0.3 is 0 Å². The summed E-state index contributed by atoms with van der Waals surface area (Å²) >= 11 is 0. The largest absolute Gasteiger partial charge is 0.508 e. The highest BCUT2D eigenvalue weighted by Gasteiger charge is 2.41. The fraction of sp³-hybridized carbons (Fsp3) is 0.538. The zero-order valence-electron chi connectivity index (χ0n) is 54.0. The molecule has 20 N–H and O–H groups in total. The van der Waals surface area contributed by atoms with Crippen LogP contribution in [0.15, 0.2) is 78.9 Å². The second-order valence-electron chi connectivity index (χ2n) is 23.8. The number of carbonyl (C=O) groups is 10. The lowest BCUT2D eigenvalue weighted by Gasteiger charge is -2.31. The van der Waals surface area contributed by atoms with E-state index in [1.807, 2.05) is 13.8 Å². The molecule has 8 atom stereocenters. The van der Waals surface area contributed by atoms with E-state index in [0.717, 1.165) is 0 Å². The van der Waals surface area contributed by atoms with Gasteiger partial charge in [0.15, 0.2) is 23.5 Å². The van der Waals surface area contributed by atoms with Crippen LogP contribution in [0.3, 0.4) is 0 Å². The molecule has 1 aliphatic rings. The molecule has 3 aromatic carbocycles. The zero-order chi connectivity index (χ0) is 69.1. The molecule has 0 aliphatic carbocycles. The van der Waals surface area contributed by atoms with Crippen LogP contribution in [0.4, 0.5) is 0 Å². The second kappa shape index (κ2) is 41.4. The molecule has 3 aromatic rings. The van der Waals surface area contributed by atoms with Crippen molar-refractivity contribution in [3.05, 3.63) is 95.6 Å². The number of guanidine groups is 2. The number of aromatic hydroxyl groups is 2. The lowest BCUT2D eigenvalue weighted by molar-refractivity contribution is -0.143. The molecule has 0 aromatic heterocycles. The number of primary amides is 2. The number of phenols is 2.